The van der Waals surface area contributed by atoms with Crippen LogP contribution in [0.5, 0.6) is 0 Å². The highest BCUT2D eigenvalue weighted by molar-refractivity contribution is 5.95. The van der Waals surface area contributed by atoms with Crippen LogP contribution >= 0.6 is 0 Å². The lowest BCUT2D eigenvalue weighted by Gasteiger charge is -2.25. The number of hydrogen-bond donors (Lipinski definition) is 2. The molecule has 1 fully saturated rings. The number of para-hydroxylation sites is 1. The van der Waals surface area contributed by atoms with Crippen LogP contribution in [0, 0.1) is 5.92 Å². The van der Waals surface area contributed by atoms with Gasteiger partial charge in [-0.1, -0.05) is 53.7 Å². The summed E-state index contributed by atoms with van der Waals surface area (Å²) < 4.78 is 47.1. The molecule has 208 valence electrons. The fourth-order valence-electron chi connectivity index (χ4n) is 4.77. The van der Waals surface area contributed by atoms with Crippen molar-refractivity contribution in [2.24, 2.45) is 5.92 Å². The van der Waals surface area contributed by atoms with Crippen LogP contribution in [0.2, 0.25) is 0 Å². The van der Waals surface area contributed by atoms with E-state index < -0.39 is 23.3 Å². The summed E-state index contributed by atoms with van der Waals surface area (Å²) >= 11 is 0. The minimum absolute atomic E-state index is 0.0298. The van der Waals surface area contributed by atoms with E-state index in [-0.39, 0.29) is 30.8 Å². The van der Waals surface area contributed by atoms with Crippen LogP contribution in [0.25, 0.3) is 17.1 Å². The molecule has 2 heterocycles. The summed E-state index contributed by atoms with van der Waals surface area (Å²) in [6.07, 6.45) is -1.03. The predicted molar refractivity (Wildman–Crippen MR) is 138 cm³/mol. The monoisotopic (exact) mass is 552 g/mol. The molecular weight excluding hydrogens is 525 g/mol. The number of nitrogens with zero attached hydrogens (tertiary/aromatic N) is 4. The summed E-state index contributed by atoms with van der Waals surface area (Å²) in [5, 5.41) is 12.9. The average Bonchev–Trinajstić information content (AvgIpc) is 3.65. The van der Waals surface area contributed by atoms with Crippen LogP contribution in [-0.4, -0.2) is 44.8 Å². The Labute approximate surface area is 227 Å². The van der Waals surface area contributed by atoms with Gasteiger partial charge >= 0.3 is 6.18 Å². The summed E-state index contributed by atoms with van der Waals surface area (Å²) in [5.41, 5.74) is -0.591. The molecule has 4 aromatic rings. The van der Waals surface area contributed by atoms with E-state index in [1.807, 2.05) is 30.3 Å². The van der Waals surface area contributed by atoms with Crippen LogP contribution in [-0.2, 0) is 11.0 Å². The Morgan fingerprint density at radius 1 is 0.925 bits per heavy atom. The molecule has 2 amide bonds. The molecule has 0 unspecified atom stereocenters. The highest BCUT2D eigenvalue weighted by Crippen LogP contribution is 2.36. The normalized spacial score (nSPS) is 17.4. The van der Waals surface area contributed by atoms with E-state index in [1.54, 1.807) is 30.3 Å². The summed E-state index contributed by atoms with van der Waals surface area (Å²) in [5.74, 6) is -0.103. The van der Waals surface area contributed by atoms with Gasteiger partial charge in [0.1, 0.15) is 0 Å². The van der Waals surface area contributed by atoms with E-state index in [4.69, 9.17) is 4.52 Å². The van der Waals surface area contributed by atoms with Crippen molar-refractivity contribution in [3.63, 3.8) is 0 Å². The number of rotatable bonds is 8. The van der Waals surface area contributed by atoms with Gasteiger partial charge in [-0.05, 0) is 37.8 Å². The molecule has 2 aromatic carbocycles. The molecule has 9 nitrogen and oxygen atoms in total. The molecule has 2 N–H and O–H groups in total. The van der Waals surface area contributed by atoms with E-state index in [0.29, 0.717) is 30.2 Å². The van der Waals surface area contributed by atoms with Gasteiger partial charge in [0, 0.05) is 36.7 Å². The molecule has 0 radical (unpaired) electrons. The Bertz CT molecular complexity index is 1440. The first-order chi connectivity index (χ1) is 19.3. The standard InChI is InChI=1S/C28H27F3N6O3/c29-28(30,31)23-22(17-37(35-23)21-9-5-2-6-10-21)26(39)33-16-15-32-25(38)19-11-13-20(14-12-19)27-34-24(36-40-27)18-7-3-1-4-8-18/h1-10,17,19-20H,11-16H2,(H,32,38)(H,33,39). The minimum Gasteiger partial charge on any atom is -0.354 e. The van der Waals surface area contributed by atoms with Gasteiger partial charge in [-0.3, -0.25) is 9.59 Å². The molecule has 1 aliphatic rings. The number of carbonyl (C=O) groups is 2. The third kappa shape index (κ3) is 6.22. The molecule has 0 bridgehead atoms. The van der Waals surface area contributed by atoms with E-state index in [1.165, 1.54) is 0 Å². The Morgan fingerprint density at radius 2 is 1.57 bits per heavy atom. The van der Waals surface area contributed by atoms with Crippen LogP contribution < -0.4 is 10.6 Å². The molecule has 0 aliphatic heterocycles. The fourth-order valence-corrected chi connectivity index (χ4v) is 4.77. The van der Waals surface area contributed by atoms with Crippen molar-refractivity contribution in [2.45, 2.75) is 37.8 Å². The van der Waals surface area contributed by atoms with E-state index >= 15 is 0 Å². The third-order valence-electron chi connectivity index (χ3n) is 6.88. The SMILES string of the molecule is O=C(NCCNC(=O)C1CCC(c2nc(-c3ccccc3)no2)CC1)c1cn(-c2ccccc2)nc1C(F)(F)F. The number of nitrogens with one attached hydrogen (secondary N) is 2. The smallest absolute Gasteiger partial charge is 0.354 e. The summed E-state index contributed by atoms with van der Waals surface area (Å²) in [7, 11) is 0. The second kappa shape index (κ2) is 11.7. The van der Waals surface area contributed by atoms with Gasteiger partial charge in [-0.15, -0.1) is 0 Å². The van der Waals surface area contributed by atoms with Crippen molar-refractivity contribution in [1.29, 1.82) is 0 Å². The van der Waals surface area contributed by atoms with E-state index in [9.17, 15) is 22.8 Å². The zero-order valence-electron chi connectivity index (χ0n) is 21.4. The Balaban J connectivity index is 1.09. The van der Waals surface area contributed by atoms with Crippen LogP contribution in [0.15, 0.2) is 71.4 Å². The van der Waals surface area contributed by atoms with Crippen LogP contribution in [0.3, 0.4) is 0 Å². The lowest BCUT2D eigenvalue weighted by Crippen LogP contribution is -2.38. The van der Waals surface area contributed by atoms with Gasteiger partial charge in [-0.25, -0.2) is 4.68 Å². The molecule has 5 rings (SSSR count). The highest BCUT2D eigenvalue weighted by atomic mass is 19.4. The van der Waals surface area contributed by atoms with Gasteiger partial charge in [-0.2, -0.15) is 23.3 Å². The minimum atomic E-state index is -4.80. The third-order valence-corrected chi connectivity index (χ3v) is 6.88. The highest BCUT2D eigenvalue weighted by Gasteiger charge is 2.39. The molecule has 2 aromatic heterocycles. The average molecular weight is 553 g/mol. The Kier molecular flexibility index (Phi) is 7.94. The quantitative estimate of drug-likeness (QED) is 0.305. The first kappa shape index (κ1) is 27.1. The first-order valence-corrected chi connectivity index (χ1v) is 13.0. The topological polar surface area (TPSA) is 115 Å². The van der Waals surface area contributed by atoms with E-state index in [0.717, 1.165) is 29.3 Å². The molecule has 40 heavy (non-hydrogen) atoms. The van der Waals surface area contributed by atoms with Crippen LogP contribution in [0.4, 0.5) is 13.2 Å². The maximum Gasteiger partial charge on any atom is 0.435 e. The fraction of sp³-hybridized carbons (Fsp3) is 0.321. The van der Waals surface area contributed by atoms with Crippen molar-refractivity contribution >= 4 is 11.8 Å². The van der Waals surface area contributed by atoms with Gasteiger partial charge < -0.3 is 15.2 Å². The summed E-state index contributed by atoms with van der Waals surface area (Å²) in [4.78, 5) is 29.7. The molecule has 1 saturated carbocycles. The van der Waals surface area contributed by atoms with Crippen molar-refractivity contribution in [2.75, 3.05) is 13.1 Å². The number of halogens is 3. The molecule has 12 heteroatoms. The number of aromatic nitrogens is 4. The van der Waals surface area contributed by atoms with Gasteiger partial charge in [0.2, 0.25) is 17.6 Å². The zero-order chi connectivity index (χ0) is 28.1. The predicted octanol–water partition coefficient (Wildman–Crippen LogP) is 4.76. The summed E-state index contributed by atoms with van der Waals surface area (Å²) in [6.45, 7) is 0.0563. The molecule has 0 saturated heterocycles. The number of carbonyl (C=O) groups excluding carboxylic acids is 2. The number of hydrogen-bond acceptors (Lipinski definition) is 6. The maximum absolute atomic E-state index is 13.5. The largest absolute Gasteiger partial charge is 0.435 e. The molecule has 0 atom stereocenters. The molecular formula is C28H27F3N6O3. The summed E-state index contributed by atoms with van der Waals surface area (Å²) in [6, 6.07) is 17.7. The number of amides is 2. The Morgan fingerprint density at radius 3 is 2.25 bits per heavy atom. The van der Waals surface area contributed by atoms with Crippen molar-refractivity contribution in [3.8, 4) is 17.1 Å². The number of alkyl halides is 3. The number of benzene rings is 2. The first-order valence-electron chi connectivity index (χ1n) is 13.0. The lowest BCUT2D eigenvalue weighted by atomic mass is 9.81. The van der Waals surface area contributed by atoms with Gasteiger partial charge in [0.15, 0.2) is 5.69 Å². The van der Waals surface area contributed by atoms with Crippen LogP contribution in [0.1, 0.15) is 53.5 Å². The maximum atomic E-state index is 13.5. The lowest BCUT2D eigenvalue weighted by molar-refractivity contribution is -0.141. The second-order valence-corrected chi connectivity index (χ2v) is 9.59. The molecule has 1 aliphatic carbocycles. The Hall–Kier alpha value is -4.48. The van der Waals surface area contributed by atoms with Crippen molar-refractivity contribution in [3.05, 3.63) is 84.0 Å². The zero-order valence-corrected chi connectivity index (χ0v) is 21.4. The van der Waals surface area contributed by atoms with Gasteiger partial charge in [0.25, 0.3) is 5.91 Å². The second-order valence-electron chi connectivity index (χ2n) is 9.59. The van der Waals surface area contributed by atoms with Crippen molar-refractivity contribution < 1.29 is 27.3 Å². The van der Waals surface area contributed by atoms with E-state index in [2.05, 4.69) is 25.9 Å². The molecule has 0 spiro atoms. The van der Waals surface area contributed by atoms with Crippen molar-refractivity contribution in [1.82, 2.24) is 30.6 Å². The van der Waals surface area contributed by atoms with Gasteiger partial charge in [0.05, 0.1) is 11.3 Å².